The zero-order valence-corrected chi connectivity index (χ0v) is 21.4. The molecule has 5 rings (SSSR count). The van der Waals surface area contributed by atoms with Crippen LogP contribution in [-0.2, 0) is 14.6 Å². The molecule has 12 heteroatoms. The molecule has 0 radical (unpaired) electrons. The number of rotatable bonds is 4. The van der Waals surface area contributed by atoms with Gasteiger partial charge in [0.15, 0.2) is 9.84 Å². The fourth-order valence-electron chi connectivity index (χ4n) is 3.80. The summed E-state index contributed by atoms with van der Waals surface area (Å²) >= 11 is 9.78. The van der Waals surface area contributed by atoms with Crippen LogP contribution in [0.25, 0.3) is 11.7 Å². The lowest BCUT2D eigenvalue weighted by atomic mass is 10.2. The predicted octanol–water partition coefficient (Wildman–Crippen LogP) is 3.64. The normalized spacial score (nSPS) is 21.0. The number of ether oxygens (including phenoxy) is 1. The molecule has 0 saturated carbocycles. The van der Waals surface area contributed by atoms with E-state index in [4.69, 9.17) is 17.0 Å². The van der Waals surface area contributed by atoms with E-state index in [0.717, 1.165) is 16.2 Å². The molecule has 0 N–H and O–H groups in total. The highest BCUT2D eigenvalue weighted by Gasteiger charge is 2.42. The van der Waals surface area contributed by atoms with Crippen LogP contribution in [0.3, 0.4) is 0 Å². The van der Waals surface area contributed by atoms with Crippen LogP contribution in [0.5, 0.6) is 11.6 Å². The molecule has 1 unspecified atom stereocenters. The van der Waals surface area contributed by atoms with Gasteiger partial charge < -0.3 is 4.74 Å². The summed E-state index contributed by atoms with van der Waals surface area (Å²) < 4.78 is 32.3. The van der Waals surface area contributed by atoms with Gasteiger partial charge in [-0.2, -0.15) is 4.98 Å². The lowest BCUT2D eigenvalue weighted by Gasteiger charge is -2.20. The smallest absolute Gasteiger partial charge is 0.269 e. The van der Waals surface area contributed by atoms with Crippen LogP contribution in [0.2, 0.25) is 0 Å². The Morgan fingerprint density at radius 2 is 1.94 bits per heavy atom. The Bertz CT molecular complexity index is 1530. The highest BCUT2D eigenvalue weighted by molar-refractivity contribution is 9.10. The van der Waals surface area contributed by atoms with Crippen LogP contribution in [0.1, 0.15) is 12.0 Å². The molecular formula is C22H16BrN3O5S3. The molecule has 1 aromatic carbocycles. The molecule has 4 heterocycles. The van der Waals surface area contributed by atoms with Gasteiger partial charge in [0.1, 0.15) is 21.3 Å². The maximum absolute atomic E-state index is 13.3. The SMILES string of the molecule is O=C1/C(=C\c2c(Oc3ccc(Br)cc3)nc3ccccn3c2=O)SC(=S)N1C1CCS(=O)(=O)C1. The van der Waals surface area contributed by atoms with E-state index in [0.29, 0.717) is 17.8 Å². The zero-order valence-electron chi connectivity index (χ0n) is 17.4. The summed E-state index contributed by atoms with van der Waals surface area (Å²) in [6.07, 6.45) is 3.34. The predicted molar refractivity (Wildman–Crippen MR) is 138 cm³/mol. The molecule has 2 aliphatic heterocycles. The van der Waals surface area contributed by atoms with E-state index in [1.807, 2.05) is 0 Å². The second-order valence-corrected chi connectivity index (χ2v) is 12.5. The topological polar surface area (TPSA) is 98.0 Å². The molecule has 34 heavy (non-hydrogen) atoms. The number of pyridine rings is 1. The third kappa shape index (κ3) is 4.42. The third-order valence-corrected chi connectivity index (χ3v) is 9.04. The van der Waals surface area contributed by atoms with Crippen LogP contribution in [0.4, 0.5) is 0 Å². The number of aromatic nitrogens is 2. The minimum Gasteiger partial charge on any atom is -0.438 e. The average Bonchev–Trinajstić information content (AvgIpc) is 3.29. The molecular weight excluding hydrogens is 562 g/mol. The number of thiocarbonyl (C=S) groups is 1. The van der Waals surface area contributed by atoms with Crippen molar-refractivity contribution in [1.82, 2.24) is 14.3 Å². The summed E-state index contributed by atoms with van der Waals surface area (Å²) in [6, 6.07) is 11.7. The highest BCUT2D eigenvalue weighted by atomic mass is 79.9. The Hall–Kier alpha value is -2.54. The van der Waals surface area contributed by atoms with Gasteiger partial charge in [-0.25, -0.2) is 8.42 Å². The minimum absolute atomic E-state index is 0.0227. The summed E-state index contributed by atoms with van der Waals surface area (Å²) in [5.41, 5.74) is 0.0676. The van der Waals surface area contributed by atoms with E-state index in [1.54, 1.807) is 48.7 Å². The fourth-order valence-corrected chi connectivity index (χ4v) is 7.15. The number of hydrogen-bond acceptors (Lipinski definition) is 8. The number of carbonyl (C=O) groups is 1. The highest BCUT2D eigenvalue weighted by Crippen LogP contribution is 2.37. The molecule has 2 fully saturated rings. The number of sulfone groups is 1. The second-order valence-electron chi connectivity index (χ2n) is 7.73. The molecule has 174 valence electrons. The van der Waals surface area contributed by atoms with Gasteiger partial charge in [0, 0.05) is 10.7 Å². The third-order valence-electron chi connectivity index (χ3n) is 5.43. The van der Waals surface area contributed by atoms with E-state index in [-0.39, 0.29) is 32.2 Å². The Morgan fingerprint density at radius 1 is 1.18 bits per heavy atom. The molecule has 3 aromatic rings. The van der Waals surface area contributed by atoms with Gasteiger partial charge in [-0.3, -0.25) is 18.9 Å². The molecule has 1 atom stereocenters. The van der Waals surface area contributed by atoms with Gasteiger partial charge in [0.05, 0.1) is 22.5 Å². The van der Waals surface area contributed by atoms with Gasteiger partial charge in [-0.05, 0) is 48.9 Å². The van der Waals surface area contributed by atoms with Crippen molar-refractivity contribution >= 4 is 71.7 Å². The fraction of sp³-hybridized carbons (Fsp3) is 0.182. The van der Waals surface area contributed by atoms with Crippen molar-refractivity contribution < 1.29 is 17.9 Å². The van der Waals surface area contributed by atoms with Gasteiger partial charge >= 0.3 is 0 Å². The number of amides is 1. The lowest BCUT2D eigenvalue weighted by Crippen LogP contribution is -2.39. The molecule has 1 amide bonds. The van der Waals surface area contributed by atoms with E-state index in [1.165, 1.54) is 15.4 Å². The van der Waals surface area contributed by atoms with Crippen LogP contribution in [0.15, 0.2) is 62.8 Å². The number of fused-ring (bicyclic) bond motifs is 1. The number of carbonyl (C=O) groups excluding carboxylic acids is 1. The molecule has 2 saturated heterocycles. The largest absolute Gasteiger partial charge is 0.438 e. The van der Waals surface area contributed by atoms with Crippen molar-refractivity contribution in [3.63, 3.8) is 0 Å². The summed E-state index contributed by atoms with van der Waals surface area (Å²) in [7, 11) is -3.20. The van der Waals surface area contributed by atoms with Crippen LogP contribution < -0.4 is 10.3 Å². The van der Waals surface area contributed by atoms with Crippen molar-refractivity contribution in [3.8, 4) is 11.6 Å². The number of nitrogens with zero attached hydrogens (tertiary/aromatic N) is 3. The molecule has 0 bridgehead atoms. The van der Waals surface area contributed by atoms with Crippen molar-refractivity contribution in [3.05, 3.63) is 74.0 Å². The van der Waals surface area contributed by atoms with E-state index < -0.39 is 27.3 Å². The Kier molecular flexibility index (Phi) is 6.09. The van der Waals surface area contributed by atoms with Crippen molar-refractivity contribution in [2.75, 3.05) is 11.5 Å². The van der Waals surface area contributed by atoms with E-state index in [9.17, 15) is 18.0 Å². The number of benzene rings is 1. The lowest BCUT2D eigenvalue weighted by molar-refractivity contribution is -0.123. The van der Waals surface area contributed by atoms with E-state index >= 15 is 0 Å². The quantitative estimate of drug-likeness (QED) is 0.342. The Morgan fingerprint density at radius 3 is 2.65 bits per heavy atom. The van der Waals surface area contributed by atoms with Gasteiger partial charge in [0.2, 0.25) is 5.88 Å². The maximum Gasteiger partial charge on any atom is 0.269 e. The summed E-state index contributed by atoms with van der Waals surface area (Å²) in [6.45, 7) is 0. The first-order chi connectivity index (χ1) is 16.2. The molecule has 0 aliphatic carbocycles. The first-order valence-electron chi connectivity index (χ1n) is 10.1. The average molecular weight is 578 g/mol. The zero-order chi connectivity index (χ0) is 24.0. The minimum atomic E-state index is -3.20. The molecule has 2 aliphatic rings. The number of thioether (sulfide) groups is 1. The first-order valence-corrected chi connectivity index (χ1v) is 14.0. The summed E-state index contributed by atoms with van der Waals surface area (Å²) in [5, 5.41) is 0. The second kappa shape index (κ2) is 8.91. The molecule has 2 aromatic heterocycles. The summed E-state index contributed by atoms with van der Waals surface area (Å²) in [4.78, 5) is 32.6. The standard InChI is InChI=1S/C22H16BrN3O5S3/c23-13-4-6-15(7-5-13)31-19-16(20(27)25-9-2-1-3-18(25)24-19)11-17-21(28)26(22(32)33-17)14-8-10-34(29,30)12-14/h1-7,9,11,14H,8,10,12H2/b17-11+. The number of halogens is 1. The van der Waals surface area contributed by atoms with Gasteiger partial charge in [-0.1, -0.05) is 46.0 Å². The Labute approximate surface area is 212 Å². The van der Waals surface area contributed by atoms with Crippen molar-refractivity contribution in [2.45, 2.75) is 12.5 Å². The number of hydrogen-bond donors (Lipinski definition) is 0. The Balaban J connectivity index is 1.58. The van der Waals surface area contributed by atoms with Gasteiger partial charge in [0.25, 0.3) is 11.5 Å². The monoisotopic (exact) mass is 577 g/mol. The van der Waals surface area contributed by atoms with Crippen LogP contribution >= 0.6 is 39.9 Å². The maximum atomic E-state index is 13.3. The van der Waals surface area contributed by atoms with Crippen LogP contribution in [0, 0.1) is 0 Å². The van der Waals surface area contributed by atoms with Crippen molar-refractivity contribution in [2.24, 2.45) is 0 Å². The first kappa shape index (κ1) is 23.2. The molecule has 0 spiro atoms. The molecule has 8 nitrogen and oxygen atoms in total. The van der Waals surface area contributed by atoms with Gasteiger partial charge in [-0.15, -0.1) is 0 Å². The van der Waals surface area contributed by atoms with Crippen molar-refractivity contribution in [1.29, 1.82) is 0 Å². The summed E-state index contributed by atoms with van der Waals surface area (Å²) in [5.74, 6) is -0.00932. The van der Waals surface area contributed by atoms with Crippen LogP contribution in [-0.4, -0.2) is 50.5 Å². The van der Waals surface area contributed by atoms with E-state index in [2.05, 4.69) is 20.9 Å².